The van der Waals surface area contributed by atoms with E-state index in [0.29, 0.717) is 12.4 Å². The highest BCUT2D eigenvalue weighted by atomic mass is 16.5. The second kappa shape index (κ2) is 5.39. The first-order valence-electron chi connectivity index (χ1n) is 7.45. The van der Waals surface area contributed by atoms with Crippen molar-refractivity contribution in [2.45, 2.75) is 39.7 Å². The minimum atomic E-state index is 0.195. The van der Waals surface area contributed by atoms with E-state index in [1.165, 1.54) is 5.56 Å². The molecule has 0 amide bonds. The first-order chi connectivity index (χ1) is 10.1. The van der Waals surface area contributed by atoms with E-state index in [4.69, 9.17) is 15.2 Å². The molecule has 0 saturated heterocycles. The van der Waals surface area contributed by atoms with Crippen molar-refractivity contribution < 1.29 is 9.47 Å². The van der Waals surface area contributed by atoms with Crippen LogP contribution in [0.25, 0.3) is 0 Å². The maximum atomic E-state index is 5.85. The van der Waals surface area contributed by atoms with E-state index in [9.17, 15) is 0 Å². The summed E-state index contributed by atoms with van der Waals surface area (Å²) in [5.41, 5.74) is 8.88. The zero-order valence-electron chi connectivity index (χ0n) is 12.7. The van der Waals surface area contributed by atoms with E-state index in [0.717, 1.165) is 35.6 Å². The molecule has 2 aliphatic rings. The van der Waals surface area contributed by atoms with Gasteiger partial charge >= 0.3 is 0 Å². The maximum Gasteiger partial charge on any atom is 0.128 e. The minimum Gasteiger partial charge on any atom is -0.493 e. The Hall–Kier alpha value is -2.04. The van der Waals surface area contributed by atoms with Crippen LogP contribution < -0.4 is 15.2 Å². The smallest absolute Gasteiger partial charge is 0.128 e. The maximum absolute atomic E-state index is 5.85. The molecule has 1 aromatic carbocycles. The number of nitrogens with two attached hydrogens (primary N) is 1. The molecule has 2 heterocycles. The van der Waals surface area contributed by atoms with Gasteiger partial charge in [-0.2, -0.15) is 5.10 Å². The van der Waals surface area contributed by atoms with E-state index in [1.54, 1.807) is 0 Å². The molecular weight excluding hydrogens is 266 g/mol. The predicted molar refractivity (Wildman–Crippen MR) is 83.3 cm³/mol. The van der Waals surface area contributed by atoms with Gasteiger partial charge in [0.1, 0.15) is 23.4 Å². The molecule has 5 heteroatoms. The van der Waals surface area contributed by atoms with Crippen LogP contribution in [0, 0.1) is 5.92 Å². The summed E-state index contributed by atoms with van der Waals surface area (Å²) >= 11 is 0. The van der Waals surface area contributed by atoms with Crippen LogP contribution in [0.1, 0.15) is 38.3 Å². The van der Waals surface area contributed by atoms with Gasteiger partial charge < -0.3 is 15.2 Å². The molecule has 2 unspecified atom stereocenters. The molecule has 1 aromatic rings. The zero-order valence-corrected chi connectivity index (χ0v) is 12.7. The topological polar surface area (TPSA) is 69.2 Å². The average Bonchev–Trinajstić information content (AvgIpc) is 2.80. The Labute approximate surface area is 124 Å². The number of ether oxygens (including phenoxy) is 2. The number of rotatable bonds is 3. The summed E-state index contributed by atoms with van der Waals surface area (Å²) in [5.74, 6) is 2.57. The van der Waals surface area contributed by atoms with Crippen molar-refractivity contribution in [1.29, 1.82) is 0 Å². The van der Waals surface area contributed by atoms with Crippen LogP contribution in [0.5, 0.6) is 11.5 Å². The summed E-state index contributed by atoms with van der Waals surface area (Å²) in [6, 6.07) is 4.11. The first kappa shape index (κ1) is 13.9. The van der Waals surface area contributed by atoms with Gasteiger partial charge in [-0.1, -0.05) is 6.92 Å². The van der Waals surface area contributed by atoms with Crippen molar-refractivity contribution >= 4 is 11.5 Å². The Morgan fingerprint density at radius 1 is 1.29 bits per heavy atom. The molecule has 0 aromatic heterocycles. The molecule has 0 saturated carbocycles. The van der Waals surface area contributed by atoms with Crippen LogP contribution in [0.4, 0.5) is 0 Å². The van der Waals surface area contributed by atoms with Crippen molar-refractivity contribution in [1.82, 2.24) is 0 Å². The molecule has 2 aliphatic heterocycles. The molecule has 2 N–H and O–H groups in total. The summed E-state index contributed by atoms with van der Waals surface area (Å²) in [5, 5.41) is 8.33. The van der Waals surface area contributed by atoms with Crippen LogP contribution >= 0.6 is 0 Å². The number of hydrogen-bond donors (Lipinski definition) is 1. The normalized spacial score (nSPS) is 24.0. The van der Waals surface area contributed by atoms with Gasteiger partial charge in [0.25, 0.3) is 0 Å². The molecule has 0 spiro atoms. The summed E-state index contributed by atoms with van der Waals surface area (Å²) in [6.45, 7) is 6.74. The van der Waals surface area contributed by atoms with Gasteiger partial charge in [-0.25, -0.2) is 0 Å². The lowest BCUT2D eigenvalue weighted by Crippen LogP contribution is -2.27. The summed E-state index contributed by atoms with van der Waals surface area (Å²) in [4.78, 5) is 0. The highest BCUT2D eigenvalue weighted by Gasteiger charge is 2.25. The van der Waals surface area contributed by atoms with Gasteiger partial charge in [-0.15, -0.1) is 5.10 Å². The Morgan fingerprint density at radius 2 is 2.10 bits per heavy atom. The van der Waals surface area contributed by atoms with Gasteiger partial charge in [0, 0.05) is 29.9 Å². The highest BCUT2D eigenvalue weighted by Crippen LogP contribution is 2.36. The summed E-state index contributed by atoms with van der Waals surface area (Å²) in [6.07, 6.45) is 1.90. The van der Waals surface area contributed by atoms with Crippen molar-refractivity contribution in [2.24, 2.45) is 21.9 Å². The molecule has 0 aliphatic carbocycles. The lowest BCUT2D eigenvalue weighted by Gasteiger charge is -2.19. The van der Waals surface area contributed by atoms with Gasteiger partial charge in [-0.3, -0.25) is 0 Å². The molecule has 0 bridgehead atoms. The lowest BCUT2D eigenvalue weighted by molar-refractivity contribution is 0.254. The zero-order chi connectivity index (χ0) is 15.0. The Bertz CT molecular complexity index is 622. The minimum absolute atomic E-state index is 0.195. The largest absolute Gasteiger partial charge is 0.493 e. The predicted octanol–water partition coefficient (Wildman–Crippen LogP) is 2.51. The highest BCUT2D eigenvalue weighted by molar-refractivity contribution is 6.07. The second-order valence-electron chi connectivity index (χ2n) is 5.70. The second-order valence-corrected chi connectivity index (χ2v) is 5.70. The lowest BCUT2D eigenvalue weighted by atomic mass is 9.95. The first-order valence-corrected chi connectivity index (χ1v) is 7.45. The third-order valence-corrected chi connectivity index (χ3v) is 3.90. The fraction of sp³-hybridized carbons (Fsp3) is 0.500. The Kier molecular flexibility index (Phi) is 3.57. The molecule has 3 rings (SSSR count). The van der Waals surface area contributed by atoms with Gasteiger partial charge in [0.15, 0.2) is 0 Å². The van der Waals surface area contributed by atoms with Crippen LogP contribution in [0.15, 0.2) is 22.3 Å². The van der Waals surface area contributed by atoms with Gasteiger partial charge in [0.05, 0.1) is 12.3 Å². The van der Waals surface area contributed by atoms with Crippen molar-refractivity contribution in [3.63, 3.8) is 0 Å². The quantitative estimate of drug-likeness (QED) is 0.928. The third-order valence-electron chi connectivity index (χ3n) is 3.90. The van der Waals surface area contributed by atoms with E-state index >= 15 is 0 Å². The molecule has 112 valence electrons. The molecule has 5 nitrogen and oxygen atoms in total. The van der Waals surface area contributed by atoms with Crippen molar-refractivity contribution in [3.05, 3.63) is 23.3 Å². The van der Waals surface area contributed by atoms with E-state index in [-0.39, 0.29) is 12.0 Å². The van der Waals surface area contributed by atoms with E-state index in [2.05, 4.69) is 30.1 Å². The monoisotopic (exact) mass is 287 g/mol. The van der Waals surface area contributed by atoms with Crippen molar-refractivity contribution in [2.75, 3.05) is 6.61 Å². The average molecular weight is 287 g/mol. The SMILES string of the molecule is CCOc1cc2c(cc1C1=NN=C(N)C(C)C1)OC(C)C2. The molecule has 0 radical (unpaired) electrons. The van der Waals surface area contributed by atoms with Gasteiger partial charge in [0.2, 0.25) is 0 Å². The summed E-state index contributed by atoms with van der Waals surface area (Å²) < 4.78 is 11.6. The molecule has 0 fully saturated rings. The fourth-order valence-corrected chi connectivity index (χ4v) is 2.76. The number of hydrogen-bond acceptors (Lipinski definition) is 5. The Balaban J connectivity index is 2.03. The van der Waals surface area contributed by atoms with E-state index < -0.39 is 0 Å². The fourth-order valence-electron chi connectivity index (χ4n) is 2.76. The van der Waals surface area contributed by atoms with Crippen molar-refractivity contribution in [3.8, 4) is 11.5 Å². The van der Waals surface area contributed by atoms with Crippen LogP contribution in [-0.2, 0) is 6.42 Å². The van der Waals surface area contributed by atoms with Crippen LogP contribution in [0.2, 0.25) is 0 Å². The molecular formula is C16H21N3O2. The number of amidine groups is 1. The van der Waals surface area contributed by atoms with Crippen LogP contribution in [0.3, 0.4) is 0 Å². The molecule has 2 atom stereocenters. The third kappa shape index (κ3) is 2.60. The van der Waals surface area contributed by atoms with Crippen LogP contribution in [-0.4, -0.2) is 24.3 Å². The Morgan fingerprint density at radius 3 is 2.81 bits per heavy atom. The number of benzene rings is 1. The van der Waals surface area contributed by atoms with E-state index in [1.807, 2.05) is 13.0 Å². The number of fused-ring (bicyclic) bond motifs is 1. The number of nitrogens with zero attached hydrogens (tertiary/aromatic N) is 2. The summed E-state index contributed by atoms with van der Waals surface area (Å²) in [7, 11) is 0. The standard InChI is InChI=1S/C16H21N3O2/c1-4-20-15-7-11-6-10(3)21-14(11)8-12(15)13-5-9(2)16(17)19-18-13/h7-10H,4-6H2,1-3H3,(H2,17,19). The molecule has 21 heavy (non-hydrogen) atoms. The van der Waals surface area contributed by atoms with Gasteiger partial charge in [-0.05, 0) is 26.0 Å².